The summed E-state index contributed by atoms with van der Waals surface area (Å²) < 4.78 is 10.4. The van der Waals surface area contributed by atoms with Crippen molar-refractivity contribution in [1.29, 1.82) is 0 Å². The van der Waals surface area contributed by atoms with Crippen LogP contribution in [0.5, 0.6) is 0 Å². The predicted molar refractivity (Wildman–Crippen MR) is 89.5 cm³/mol. The lowest BCUT2D eigenvalue weighted by atomic mass is 10.2. The van der Waals surface area contributed by atoms with Crippen LogP contribution in [0.3, 0.4) is 0 Å². The van der Waals surface area contributed by atoms with Gasteiger partial charge in [-0.15, -0.1) is 11.8 Å². The maximum atomic E-state index is 11.6. The van der Waals surface area contributed by atoms with Crippen LogP contribution in [0.2, 0.25) is 0 Å². The SMILES string of the molecule is Cc1ccc(SCCC(=O)OCC(=O)NCC2CCCO2)cc1. The lowest BCUT2D eigenvalue weighted by Gasteiger charge is -2.10. The Labute approximate surface area is 141 Å². The molecule has 0 bridgehead atoms. The zero-order valence-electron chi connectivity index (χ0n) is 13.4. The summed E-state index contributed by atoms with van der Waals surface area (Å²) in [7, 11) is 0. The Morgan fingerprint density at radius 2 is 2.13 bits per heavy atom. The molecule has 2 rings (SSSR count). The van der Waals surface area contributed by atoms with Crippen LogP contribution in [0.4, 0.5) is 0 Å². The van der Waals surface area contributed by atoms with Crippen molar-refractivity contribution in [1.82, 2.24) is 5.32 Å². The highest BCUT2D eigenvalue weighted by atomic mass is 32.2. The van der Waals surface area contributed by atoms with Gasteiger partial charge in [0.05, 0.1) is 12.5 Å². The number of carbonyl (C=O) groups excluding carboxylic acids is 2. The van der Waals surface area contributed by atoms with Crippen molar-refractivity contribution in [3.05, 3.63) is 29.8 Å². The monoisotopic (exact) mass is 337 g/mol. The molecule has 1 fully saturated rings. The molecule has 1 N–H and O–H groups in total. The molecular weight excluding hydrogens is 314 g/mol. The smallest absolute Gasteiger partial charge is 0.307 e. The highest BCUT2D eigenvalue weighted by molar-refractivity contribution is 7.99. The molecule has 1 aliphatic heterocycles. The third-order valence-corrected chi connectivity index (χ3v) is 4.52. The van der Waals surface area contributed by atoms with Gasteiger partial charge in [0.2, 0.25) is 0 Å². The summed E-state index contributed by atoms with van der Waals surface area (Å²) in [5.41, 5.74) is 1.21. The second-order valence-corrected chi connectivity index (χ2v) is 6.68. The van der Waals surface area contributed by atoms with Crippen LogP contribution in [-0.4, -0.2) is 43.5 Å². The summed E-state index contributed by atoms with van der Waals surface area (Å²) in [6.45, 7) is 3.06. The van der Waals surface area contributed by atoms with E-state index in [1.54, 1.807) is 11.8 Å². The van der Waals surface area contributed by atoms with Crippen molar-refractivity contribution in [2.24, 2.45) is 0 Å². The van der Waals surface area contributed by atoms with E-state index in [0.29, 0.717) is 12.3 Å². The van der Waals surface area contributed by atoms with Gasteiger partial charge in [0.25, 0.3) is 5.91 Å². The summed E-state index contributed by atoms with van der Waals surface area (Å²) in [5.74, 6) is 0.0105. The second-order valence-electron chi connectivity index (χ2n) is 5.51. The van der Waals surface area contributed by atoms with Gasteiger partial charge in [-0.2, -0.15) is 0 Å². The van der Waals surface area contributed by atoms with E-state index in [1.165, 1.54) is 5.56 Å². The summed E-state index contributed by atoms with van der Waals surface area (Å²) in [5, 5.41) is 2.72. The Kier molecular flexibility index (Phi) is 7.42. The van der Waals surface area contributed by atoms with Crippen LogP contribution in [0, 0.1) is 6.92 Å². The zero-order chi connectivity index (χ0) is 16.5. The van der Waals surface area contributed by atoms with Crippen LogP contribution in [0.25, 0.3) is 0 Å². The molecule has 1 saturated heterocycles. The Morgan fingerprint density at radius 3 is 2.83 bits per heavy atom. The molecule has 1 aromatic rings. The highest BCUT2D eigenvalue weighted by Crippen LogP contribution is 2.19. The number of ether oxygens (including phenoxy) is 2. The van der Waals surface area contributed by atoms with Crippen molar-refractivity contribution in [3.8, 4) is 0 Å². The van der Waals surface area contributed by atoms with Gasteiger partial charge < -0.3 is 14.8 Å². The van der Waals surface area contributed by atoms with Crippen molar-refractivity contribution in [2.75, 3.05) is 25.5 Å². The Morgan fingerprint density at radius 1 is 1.35 bits per heavy atom. The molecule has 0 spiro atoms. The van der Waals surface area contributed by atoms with Gasteiger partial charge in [-0.1, -0.05) is 17.7 Å². The molecule has 1 atom stereocenters. The molecule has 0 saturated carbocycles. The Bertz CT molecular complexity index is 512. The minimum Gasteiger partial charge on any atom is -0.456 e. The first-order valence-corrected chi connectivity index (χ1v) is 8.85. The fourth-order valence-electron chi connectivity index (χ4n) is 2.19. The molecule has 1 aromatic carbocycles. The van der Waals surface area contributed by atoms with Crippen LogP contribution in [-0.2, 0) is 19.1 Å². The van der Waals surface area contributed by atoms with Crippen molar-refractivity contribution >= 4 is 23.6 Å². The van der Waals surface area contributed by atoms with E-state index in [1.807, 2.05) is 31.2 Å². The van der Waals surface area contributed by atoms with Gasteiger partial charge in [0.1, 0.15) is 0 Å². The fraction of sp³-hybridized carbons (Fsp3) is 0.529. The van der Waals surface area contributed by atoms with E-state index in [2.05, 4.69) is 5.32 Å². The maximum absolute atomic E-state index is 11.6. The van der Waals surface area contributed by atoms with Gasteiger partial charge in [-0.3, -0.25) is 9.59 Å². The van der Waals surface area contributed by atoms with E-state index in [4.69, 9.17) is 9.47 Å². The first-order valence-electron chi connectivity index (χ1n) is 7.87. The molecule has 1 heterocycles. The second kappa shape index (κ2) is 9.57. The molecule has 5 nitrogen and oxygen atoms in total. The van der Waals surface area contributed by atoms with Crippen LogP contribution in [0.1, 0.15) is 24.8 Å². The molecule has 1 amide bonds. The first-order chi connectivity index (χ1) is 11.1. The van der Waals surface area contributed by atoms with Gasteiger partial charge in [0, 0.05) is 23.8 Å². The Balaban J connectivity index is 1.53. The molecule has 0 radical (unpaired) electrons. The standard InChI is InChI=1S/C17H23NO4S/c1-13-4-6-15(7-5-13)23-10-8-17(20)22-12-16(19)18-11-14-3-2-9-21-14/h4-7,14H,2-3,8-12H2,1H3,(H,18,19). The number of amides is 1. The molecule has 23 heavy (non-hydrogen) atoms. The number of thioether (sulfide) groups is 1. The lowest BCUT2D eigenvalue weighted by Crippen LogP contribution is -2.34. The molecule has 1 unspecified atom stereocenters. The van der Waals surface area contributed by atoms with Crippen LogP contribution in [0.15, 0.2) is 29.2 Å². The van der Waals surface area contributed by atoms with E-state index >= 15 is 0 Å². The van der Waals surface area contributed by atoms with Crippen molar-refractivity contribution in [2.45, 2.75) is 37.2 Å². The molecule has 0 aromatic heterocycles. The summed E-state index contributed by atoms with van der Waals surface area (Å²) >= 11 is 1.60. The van der Waals surface area contributed by atoms with E-state index in [0.717, 1.165) is 24.3 Å². The number of hydrogen-bond acceptors (Lipinski definition) is 5. The number of nitrogens with one attached hydrogen (secondary N) is 1. The minimum absolute atomic E-state index is 0.0977. The number of rotatable bonds is 8. The first kappa shape index (κ1) is 17.8. The number of benzene rings is 1. The van der Waals surface area contributed by atoms with Gasteiger partial charge >= 0.3 is 5.97 Å². The van der Waals surface area contributed by atoms with Crippen LogP contribution >= 0.6 is 11.8 Å². The zero-order valence-corrected chi connectivity index (χ0v) is 14.2. The quantitative estimate of drug-likeness (QED) is 0.582. The summed E-state index contributed by atoms with van der Waals surface area (Å²) in [4.78, 5) is 24.3. The molecule has 6 heteroatoms. The molecular formula is C17H23NO4S. The number of carbonyl (C=O) groups is 2. The number of esters is 1. The third-order valence-electron chi connectivity index (χ3n) is 3.51. The van der Waals surface area contributed by atoms with E-state index in [9.17, 15) is 9.59 Å². The molecule has 1 aliphatic rings. The Hall–Kier alpha value is -1.53. The predicted octanol–water partition coefficient (Wildman–Crippen LogP) is 2.32. The fourth-order valence-corrected chi connectivity index (χ4v) is 3.02. The average molecular weight is 337 g/mol. The molecule has 0 aliphatic carbocycles. The van der Waals surface area contributed by atoms with Crippen molar-refractivity contribution < 1.29 is 19.1 Å². The lowest BCUT2D eigenvalue weighted by molar-refractivity contribution is -0.148. The normalized spacial score (nSPS) is 17.0. The third kappa shape index (κ3) is 7.05. The largest absolute Gasteiger partial charge is 0.456 e. The maximum Gasteiger partial charge on any atom is 0.307 e. The number of hydrogen-bond donors (Lipinski definition) is 1. The average Bonchev–Trinajstić information content (AvgIpc) is 3.06. The number of aryl methyl sites for hydroxylation is 1. The highest BCUT2D eigenvalue weighted by Gasteiger charge is 2.16. The van der Waals surface area contributed by atoms with Crippen LogP contribution < -0.4 is 5.32 Å². The minimum atomic E-state index is -0.350. The molecule has 126 valence electrons. The summed E-state index contributed by atoms with van der Waals surface area (Å²) in [6, 6.07) is 8.14. The van der Waals surface area contributed by atoms with E-state index in [-0.39, 0.29) is 31.0 Å². The van der Waals surface area contributed by atoms with Gasteiger partial charge in [-0.05, 0) is 31.9 Å². The van der Waals surface area contributed by atoms with Gasteiger partial charge in [-0.25, -0.2) is 0 Å². The van der Waals surface area contributed by atoms with Gasteiger partial charge in [0.15, 0.2) is 6.61 Å². The van der Waals surface area contributed by atoms with Crippen molar-refractivity contribution in [3.63, 3.8) is 0 Å². The summed E-state index contributed by atoms with van der Waals surface area (Å²) in [6.07, 6.45) is 2.39. The van der Waals surface area contributed by atoms with E-state index < -0.39 is 0 Å². The topological polar surface area (TPSA) is 64.6 Å².